The van der Waals surface area contributed by atoms with Gasteiger partial charge in [-0.3, -0.25) is 0 Å². The van der Waals surface area contributed by atoms with Crippen LogP contribution in [0.1, 0.15) is 12.8 Å². The van der Waals surface area contributed by atoms with E-state index in [2.05, 4.69) is 6.58 Å². The molecular weight excluding hydrogens is 180 g/mol. The van der Waals surface area contributed by atoms with E-state index in [9.17, 15) is 5.11 Å². The topological polar surface area (TPSA) is 38.7 Å². The molecule has 3 heteroatoms. The van der Waals surface area contributed by atoms with Crippen LogP contribution in [0.5, 0.6) is 0 Å². The molecule has 1 N–H and O–H groups in total. The normalized spacial score (nSPS) is 52.6. The van der Waals surface area contributed by atoms with Crippen molar-refractivity contribution >= 4 is 0 Å². The van der Waals surface area contributed by atoms with Crippen molar-refractivity contribution in [3.05, 3.63) is 24.3 Å². The van der Waals surface area contributed by atoms with Gasteiger partial charge in [0.2, 0.25) is 0 Å². The zero-order chi connectivity index (χ0) is 9.76. The van der Waals surface area contributed by atoms with E-state index >= 15 is 0 Å². The Hall–Kier alpha value is -0.640. The Morgan fingerprint density at radius 2 is 2.43 bits per heavy atom. The maximum atomic E-state index is 10.0. The zero-order valence-electron chi connectivity index (χ0n) is 7.98. The summed E-state index contributed by atoms with van der Waals surface area (Å²) in [7, 11) is 0. The predicted octanol–water partition coefficient (Wildman–Crippen LogP) is 0.995. The fourth-order valence-corrected chi connectivity index (χ4v) is 2.96. The van der Waals surface area contributed by atoms with Gasteiger partial charge >= 0.3 is 0 Å². The Labute approximate surface area is 83.0 Å². The van der Waals surface area contributed by atoms with E-state index in [1.807, 2.05) is 6.08 Å². The summed E-state index contributed by atoms with van der Waals surface area (Å²) in [5, 5.41) is 10.0. The smallest absolute Gasteiger partial charge is 0.178 e. The maximum absolute atomic E-state index is 10.0. The second kappa shape index (κ2) is 2.69. The molecule has 4 atom stereocenters. The van der Waals surface area contributed by atoms with Gasteiger partial charge in [-0.15, -0.1) is 0 Å². The van der Waals surface area contributed by atoms with Crippen LogP contribution in [0.15, 0.2) is 24.3 Å². The van der Waals surface area contributed by atoms with E-state index in [1.165, 1.54) is 0 Å². The largest absolute Gasteiger partial charge is 0.390 e. The molecule has 3 fully saturated rings. The van der Waals surface area contributed by atoms with Crippen LogP contribution in [0.4, 0.5) is 0 Å². The molecule has 3 aliphatic rings. The third kappa shape index (κ3) is 0.874. The molecule has 3 aliphatic heterocycles. The molecular formula is C11H14O3. The van der Waals surface area contributed by atoms with Gasteiger partial charge < -0.3 is 14.6 Å². The molecule has 0 aliphatic carbocycles. The lowest BCUT2D eigenvalue weighted by Gasteiger charge is -2.26. The fourth-order valence-electron chi connectivity index (χ4n) is 2.96. The molecule has 0 saturated carbocycles. The minimum Gasteiger partial charge on any atom is -0.390 e. The van der Waals surface area contributed by atoms with E-state index in [0.717, 1.165) is 18.4 Å². The first-order valence-corrected chi connectivity index (χ1v) is 5.08. The summed E-state index contributed by atoms with van der Waals surface area (Å²) in [4.78, 5) is 0. The van der Waals surface area contributed by atoms with Gasteiger partial charge in [0.25, 0.3) is 0 Å². The van der Waals surface area contributed by atoms with Crippen LogP contribution in [0, 0.1) is 5.92 Å². The summed E-state index contributed by atoms with van der Waals surface area (Å²) in [6.07, 6.45) is 5.10. The Morgan fingerprint density at radius 3 is 3.21 bits per heavy atom. The van der Waals surface area contributed by atoms with Gasteiger partial charge in [0, 0.05) is 6.42 Å². The van der Waals surface area contributed by atoms with Crippen LogP contribution in [-0.4, -0.2) is 29.7 Å². The van der Waals surface area contributed by atoms with Crippen molar-refractivity contribution in [2.24, 2.45) is 5.92 Å². The molecule has 0 amide bonds. The lowest BCUT2D eigenvalue weighted by atomic mass is 9.81. The van der Waals surface area contributed by atoms with Crippen LogP contribution in [0.25, 0.3) is 0 Å². The maximum Gasteiger partial charge on any atom is 0.178 e. The average Bonchev–Trinajstić information content (AvgIpc) is 2.79. The predicted molar refractivity (Wildman–Crippen MR) is 50.6 cm³/mol. The number of aliphatic hydroxyl groups is 1. The highest BCUT2D eigenvalue weighted by atomic mass is 16.7. The molecule has 0 aromatic carbocycles. The van der Waals surface area contributed by atoms with Crippen molar-refractivity contribution in [1.29, 1.82) is 0 Å². The van der Waals surface area contributed by atoms with Gasteiger partial charge in [0.05, 0.1) is 24.7 Å². The van der Waals surface area contributed by atoms with Gasteiger partial charge in [-0.1, -0.05) is 18.7 Å². The third-order valence-electron chi connectivity index (χ3n) is 3.54. The summed E-state index contributed by atoms with van der Waals surface area (Å²) in [5.74, 6) is -0.460. The van der Waals surface area contributed by atoms with Gasteiger partial charge in [-0.2, -0.15) is 0 Å². The van der Waals surface area contributed by atoms with E-state index in [-0.39, 0.29) is 12.0 Å². The molecule has 3 nitrogen and oxygen atoms in total. The Kier molecular flexibility index (Phi) is 1.66. The molecule has 1 spiro atoms. The molecule has 2 bridgehead atoms. The fraction of sp³-hybridized carbons (Fsp3) is 0.636. The standard InChI is InChI=1S/C11H14O3/c1-2-3-7-6-13-11-5-4-8(14-11)10(12)9(7)11/h2-3,8-10,12H,1,4-6H2/b7-3-/t8-,9?,10-,11+/m1/s1. The van der Waals surface area contributed by atoms with Crippen molar-refractivity contribution in [3.8, 4) is 0 Å². The highest BCUT2D eigenvalue weighted by Crippen LogP contribution is 2.55. The summed E-state index contributed by atoms with van der Waals surface area (Å²) in [6, 6.07) is 0. The van der Waals surface area contributed by atoms with Crippen LogP contribution in [0.2, 0.25) is 0 Å². The number of aliphatic hydroxyl groups excluding tert-OH is 1. The molecule has 3 heterocycles. The number of ether oxygens (including phenoxy) is 2. The third-order valence-corrected chi connectivity index (χ3v) is 3.54. The molecule has 0 aromatic rings. The number of hydrogen-bond donors (Lipinski definition) is 1. The van der Waals surface area contributed by atoms with Crippen LogP contribution < -0.4 is 0 Å². The van der Waals surface area contributed by atoms with Gasteiger partial charge in [0.15, 0.2) is 5.79 Å². The minimum absolute atomic E-state index is 0.0199. The average molecular weight is 194 g/mol. The summed E-state index contributed by atoms with van der Waals surface area (Å²) >= 11 is 0. The Morgan fingerprint density at radius 1 is 1.57 bits per heavy atom. The number of fused-ring (bicyclic) bond motifs is 1. The summed E-state index contributed by atoms with van der Waals surface area (Å²) in [6.45, 7) is 4.24. The number of rotatable bonds is 1. The van der Waals surface area contributed by atoms with Crippen LogP contribution >= 0.6 is 0 Å². The van der Waals surface area contributed by atoms with Gasteiger partial charge in [-0.05, 0) is 12.0 Å². The first-order chi connectivity index (χ1) is 6.77. The molecule has 1 unspecified atom stereocenters. The monoisotopic (exact) mass is 194 g/mol. The van der Waals surface area contributed by atoms with Crippen molar-refractivity contribution in [2.75, 3.05) is 6.61 Å². The Bertz CT molecular complexity index is 310. The van der Waals surface area contributed by atoms with Gasteiger partial charge in [0.1, 0.15) is 0 Å². The summed E-state index contributed by atoms with van der Waals surface area (Å²) < 4.78 is 11.4. The molecule has 14 heavy (non-hydrogen) atoms. The molecule has 76 valence electrons. The summed E-state index contributed by atoms with van der Waals surface area (Å²) in [5.41, 5.74) is 1.12. The highest BCUT2D eigenvalue weighted by molar-refractivity contribution is 5.26. The molecule has 3 saturated heterocycles. The quantitative estimate of drug-likeness (QED) is 0.676. The van der Waals surface area contributed by atoms with Crippen LogP contribution in [-0.2, 0) is 9.47 Å². The number of allylic oxidation sites excluding steroid dienone is 2. The molecule has 0 aromatic heterocycles. The van der Waals surface area contributed by atoms with Crippen molar-refractivity contribution in [2.45, 2.75) is 30.8 Å². The lowest BCUT2D eigenvalue weighted by Crippen LogP contribution is -2.37. The molecule has 3 rings (SSSR count). The Balaban J connectivity index is 1.99. The van der Waals surface area contributed by atoms with Gasteiger partial charge in [-0.25, -0.2) is 0 Å². The first-order valence-electron chi connectivity index (χ1n) is 5.08. The highest BCUT2D eigenvalue weighted by Gasteiger charge is 2.64. The second-order valence-corrected chi connectivity index (χ2v) is 4.24. The van der Waals surface area contributed by atoms with Crippen molar-refractivity contribution in [1.82, 2.24) is 0 Å². The second-order valence-electron chi connectivity index (χ2n) is 4.24. The zero-order valence-corrected chi connectivity index (χ0v) is 7.98. The minimum atomic E-state index is -0.501. The first kappa shape index (κ1) is 8.65. The van der Waals surface area contributed by atoms with Crippen molar-refractivity contribution in [3.63, 3.8) is 0 Å². The van der Waals surface area contributed by atoms with E-state index in [4.69, 9.17) is 9.47 Å². The SMILES string of the molecule is C=C/C=C1/CO[C@@]23CC[C@@H](O2)[C@@H](O)C13. The van der Waals surface area contributed by atoms with Crippen molar-refractivity contribution < 1.29 is 14.6 Å². The lowest BCUT2D eigenvalue weighted by molar-refractivity contribution is -0.182. The van der Waals surface area contributed by atoms with Crippen LogP contribution in [0.3, 0.4) is 0 Å². The number of hydrogen-bond acceptors (Lipinski definition) is 3. The van der Waals surface area contributed by atoms with E-state index in [0.29, 0.717) is 6.61 Å². The molecule has 0 radical (unpaired) electrons. The van der Waals surface area contributed by atoms with E-state index in [1.54, 1.807) is 6.08 Å². The van der Waals surface area contributed by atoms with E-state index < -0.39 is 11.9 Å².